The lowest BCUT2D eigenvalue weighted by molar-refractivity contribution is 0.0657. The first-order valence-electron chi connectivity index (χ1n) is 8.59. The molecule has 1 aliphatic heterocycles. The summed E-state index contributed by atoms with van der Waals surface area (Å²) in [6.45, 7) is 2.51. The Balaban J connectivity index is 0.00000280. The summed E-state index contributed by atoms with van der Waals surface area (Å²) in [5, 5.41) is 12.1. The quantitative estimate of drug-likeness (QED) is 0.400. The standard InChI is InChI=1S/C19H20FN5O2.HI/c1-22-19(23-13-15-11-14(12-21)4-5-16(15)20)25-8-6-24(7-9-25)18(26)17-3-2-10-27-17;/h2-5,10-11H,6-9,13H2,1H3,(H,22,23);1H. The molecule has 0 radical (unpaired) electrons. The van der Waals surface area contributed by atoms with Crippen molar-refractivity contribution in [3.63, 3.8) is 0 Å². The van der Waals surface area contributed by atoms with Crippen LogP contribution in [0.2, 0.25) is 0 Å². The molecule has 0 saturated carbocycles. The van der Waals surface area contributed by atoms with Gasteiger partial charge in [0.05, 0.1) is 17.9 Å². The van der Waals surface area contributed by atoms with E-state index in [1.54, 1.807) is 24.1 Å². The van der Waals surface area contributed by atoms with E-state index in [-0.39, 0.29) is 42.2 Å². The topological polar surface area (TPSA) is 84.9 Å². The number of benzene rings is 1. The van der Waals surface area contributed by atoms with E-state index in [0.717, 1.165) is 0 Å². The van der Waals surface area contributed by atoms with Crippen LogP contribution in [0.4, 0.5) is 4.39 Å². The van der Waals surface area contributed by atoms with Crippen molar-refractivity contribution in [2.75, 3.05) is 33.2 Å². The molecule has 0 bridgehead atoms. The van der Waals surface area contributed by atoms with E-state index in [1.807, 2.05) is 11.0 Å². The number of aliphatic imine (C=N–C) groups is 1. The third kappa shape index (κ3) is 5.01. The highest BCUT2D eigenvalue weighted by molar-refractivity contribution is 14.0. The molecular weight excluding hydrogens is 476 g/mol. The lowest BCUT2D eigenvalue weighted by Gasteiger charge is -2.36. The summed E-state index contributed by atoms with van der Waals surface area (Å²) >= 11 is 0. The van der Waals surface area contributed by atoms with E-state index in [1.165, 1.54) is 24.5 Å². The number of piperazine rings is 1. The molecule has 9 heteroatoms. The van der Waals surface area contributed by atoms with Crippen molar-refractivity contribution in [2.45, 2.75) is 6.54 Å². The molecule has 0 unspecified atom stereocenters. The number of hydrogen-bond donors (Lipinski definition) is 1. The molecule has 1 aromatic heterocycles. The Labute approximate surface area is 179 Å². The maximum atomic E-state index is 13.9. The molecule has 7 nitrogen and oxygen atoms in total. The number of nitriles is 1. The zero-order valence-corrected chi connectivity index (χ0v) is 17.7. The molecule has 1 saturated heterocycles. The zero-order valence-electron chi connectivity index (χ0n) is 15.4. The molecule has 0 aliphatic carbocycles. The van der Waals surface area contributed by atoms with E-state index in [4.69, 9.17) is 9.68 Å². The third-order valence-electron chi connectivity index (χ3n) is 4.42. The monoisotopic (exact) mass is 497 g/mol. The van der Waals surface area contributed by atoms with Gasteiger partial charge in [-0.15, -0.1) is 24.0 Å². The number of nitrogens with zero attached hydrogens (tertiary/aromatic N) is 4. The van der Waals surface area contributed by atoms with E-state index in [9.17, 15) is 9.18 Å². The Morgan fingerprint density at radius 2 is 2.00 bits per heavy atom. The Kier molecular flexibility index (Phi) is 7.80. The Morgan fingerprint density at radius 1 is 1.29 bits per heavy atom. The largest absolute Gasteiger partial charge is 0.459 e. The smallest absolute Gasteiger partial charge is 0.289 e. The lowest BCUT2D eigenvalue weighted by atomic mass is 10.1. The Hall–Kier alpha value is -2.61. The fraction of sp³-hybridized carbons (Fsp3) is 0.316. The van der Waals surface area contributed by atoms with Crippen molar-refractivity contribution in [3.05, 3.63) is 59.3 Å². The third-order valence-corrected chi connectivity index (χ3v) is 4.42. The van der Waals surface area contributed by atoms with Gasteiger partial charge >= 0.3 is 0 Å². The van der Waals surface area contributed by atoms with Gasteiger partial charge < -0.3 is 19.5 Å². The van der Waals surface area contributed by atoms with E-state index >= 15 is 0 Å². The first kappa shape index (κ1) is 21.7. The van der Waals surface area contributed by atoms with Crippen molar-refractivity contribution < 1.29 is 13.6 Å². The lowest BCUT2D eigenvalue weighted by Crippen LogP contribution is -2.53. The predicted octanol–water partition coefficient (Wildman–Crippen LogP) is 2.44. The molecular formula is C19H21FIN5O2. The molecule has 1 N–H and O–H groups in total. The van der Waals surface area contributed by atoms with Crippen LogP contribution in [0.5, 0.6) is 0 Å². The minimum absolute atomic E-state index is 0. The summed E-state index contributed by atoms with van der Waals surface area (Å²) in [6.07, 6.45) is 1.48. The van der Waals surface area contributed by atoms with Crippen LogP contribution < -0.4 is 5.32 Å². The predicted molar refractivity (Wildman–Crippen MR) is 113 cm³/mol. The van der Waals surface area contributed by atoms with Crippen molar-refractivity contribution in [1.82, 2.24) is 15.1 Å². The van der Waals surface area contributed by atoms with Crippen LogP contribution in [0, 0.1) is 17.1 Å². The molecule has 28 heavy (non-hydrogen) atoms. The highest BCUT2D eigenvalue weighted by atomic mass is 127. The summed E-state index contributed by atoms with van der Waals surface area (Å²) in [7, 11) is 1.66. The molecule has 1 aliphatic rings. The maximum absolute atomic E-state index is 13.9. The zero-order chi connectivity index (χ0) is 19.2. The Bertz CT molecular complexity index is 871. The average Bonchev–Trinajstić information content (AvgIpc) is 3.24. The summed E-state index contributed by atoms with van der Waals surface area (Å²) < 4.78 is 19.1. The summed E-state index contributed by atoms with van der Waals surface area (Å²) in [4.78, 5) is 20.3. The van der Waals surface area contributed by atoms with Crippen molar-refractivity contribution in [3.8, 4) is 6.07 Å². The Morgan fingerprint density at radius 3 is 2.61 bits per heavy atom. The molecule has 0 spiro atoms. The van der Waals surface area contributed by atoms with E-state index < -0.39 is 0 Å². The molecule has 1 amide bonds. The van der Waals surface area contributed by atoms with Crippen molar-refractivity contribution in [2.24, 2.45) is 4.99 Å². The fourth-order valence-corrected chi connectivity index (χ4v) is 2.96. The summed E-state index contributed by atoms with van der Waals surface area (Å²) in [6, 6.07) is 9.61. The minimum Gasteiger partial charge on any atom is -0.459 e. The van der Waals surface area contributed by atoms with Crippen LogP contribution in [0.25, 0.3) is 0 Å². The number of hydrogen-bond acceptors (Lipinski definition) is 4. The van der Waals surface area contributed by atoms with Crippen molar-refractivity contribution in [1.29, 1.82) is 5.26 Å². The summed E-state index contributed by atoms with van der Waals surface area (Å²) in [5.41, 5.74) is 0.815. The normalized spacial score (nSPS) is 14.2. The van der Waals surface area contributed by atoms with Crippen LogP contribution in [0.15, 0.2) is 46.0 Å². The van der Waals surface area contributed by atoms with Crippen LogP contribution in [0.1, 0.15) is 21.7 Å². The van der Waals surface area contributed by atoms with Gasteiger partial charge in [-0.2, -0.15) is 5.26 Å². The maximum Gasteiger partial charge on any atom is 0.289 e. The van der Waals surface area contributed by atoms with Gasteiger partial charge in [-0.1, -0.05) is 0 Å². The van der Waals surface area contributed by atoms with Crippen LogP contribution in [-0.4, -0.2) is 54.9 Å². The van der Waals surface area contributed by atoms with Gasteiger partial charge in [-0.05, 0) is 30.3 Å². The van der Waals surface area contributed by atoms with Gasteiger partial charge in [0, 0.05) is 45.3 Å². The highest BCUT2D eigenvalue weighted by Crippen LogP contribution is 2.12. The number of halogens is 2. The van der Waals surface area contributed by atoms with Crippen LogP contribution in [-0.2, 0) is 6.54 Å². The van der Waals surface area contributed by atoms with Gasteiger partial charge in [-0.3, -0.25) is 9.79 Å². The second-order valence-electron chi connectivity index (χ2n) is 6.08. The van der Waals surface area contributed by atoms with Gasteiger partial charge in [0.15, 0.2) is 11.7 Å². The summed E-state index contributed by atoms with van der Waals surface area (Å²) in [5.74, 6) is 0.462. The molecule has 1 aromatic carbocycles. The molecule has 0 atom stereocenters. The average molecular weight is 497 g/mol. The molecule has 2 heterocycles. The number of furan rings is 1. The number of guanidine groups is 1. The van der Waals surface area contributed by atoms with Crippen molar-refractivity contribution >= 4 is 35.8 Å². The SMILES string of the molecule is CN=C(NCc1cc(C#N)ccc1F)N1CCN(C(=O)c2ccco2)CC1.I. The molecule has 3 rings (SSSR count). The van der Waals surface area contributed by atoms with E-state index in [0.29, 0.717) is 49.0 Å². The first-order valence-corrected chi connectivity index (χ1v) is 8.59. The fourth-order valence-electron chi connectivity index (χ4n) is 2.96. The van der Waals surface area contributed by atoms with Gasteiger partial charge in [0.1, 0.15) is 5.82 Å². The van der Waals surface area contributed by atoms with E-state index in [2.05, 4.69) is 10.3 Å². The van der Waals surface area contributed by atoms with Crippen LogP contribution >= 0.6 is 24.0 Å². The van der Waals surface area contributed by atoms with Gasteiger partial charge in [0.25, 0.3) is 5.91 Å². The number of nitrogens with one attached hydrogen (secondary N) is 1. The number of carbonyl (C=O) groups is 1. The second kappa shape index (κ2) is 10.1. The number of amides is 1. The molecule has 148 valence electrons. The minimum atomic E-state index is -0.370. The first-order chi connectivity index (χ1) is 13.1. The number of rotatable bonds is 3. The van der Waals surface area contributed by atoms with Gasteiger partial charge in [-0.25, -0.2) is 4.39 Å². The van der Waals surface area contributed by atoms with Gasteiger partial charge in [0.2, 0.25) is 0 Å². The molecule has 2 aromatic rings. The van der Waals surface area contributed by atoms with Crippen LogP contribution in [0.3, 0.4) is 0 Å². The number of carbonyl (C=O) groups excluding carboxylic acids is 1. The molecule has 1 fully saturated rings. The highest BCUT2D eigenvalue weighted by Gasteiger charge is 2.25. The second-order valence-corrected chi connectivity index (χ2v) is 6.08.